The smallest absolute Gasteiger partial charge is 0.145 e. The normalized spacial score (nSPS) is 17.7. The van der Waals surface area contributed by atoms with E-state index in [-0.39, 0.29) is 0 Å². The number of carbonyl (C=O) groups excluding carboxylic acids is 1. The van der Waals surface area contributed by atoms with Crippen LogP contribution in [0.2, 0.25) is 0 Å². The molecule has 1 atom stereocenters. The van der Waals surface area contributed by atoms with Gasteiger partial charge in [-0.3, -0.25) is 9.78 Å². The van der Waals surface area contributed by atoms with Gasteiger partial charge in [-0.25, -0.2) is 9.51 Å². The number of anilines is 1. The second kappa shape index (κ2) is 9.08. The highest BCUT2D eigenvalue weighted by molar-refractivity contribution is 5.81. The summed E-state index contributed by atoms with van der Waals surface area (Å²) in [5, 5.41) is 4.67. The Morgan fingerprint density at radius 2 is 2.12 bits per heavy atom. The lowest BCUT2D eigenvalue weighted by Crippen LogP contribution is -2.32. The van der Waals surface area contributed by atoms with Crippen LogP contribution in [0.5, 0.6) is 0 Å². The van der Waals surface area contributed by atoms with E-state index in [0.29, 0.717) is 17.4 Å². The van der Waals surface area contributed by atoms with Crippen LogP contribution in [0.1, 0.15) is 30.4 Å². The maximum atomic E-state index is 11.4. The highest BCUT2D eigenvalue weighted by Crippen LogP contribution is 2.22. The number of rotatable bonds is 6. The fraction of sp³-hybridized carbons (Fsp3) is 0.417. The maximum Gasteiger partial charge on any atom is 0.145 e. The van der Waals surface area contributed by atoms with Gasteiger partial charge in [-0.2, -0.15) is 5.10 Å². The number of aryl methyl sites for hydroxylation is 3. The van der Waals surface area contributed by atoms with Crippen molar-refractivity contribution in [3.63, 3.8) is 0 Å². The van der Waals surface area contributed by atoms with Crippen LogP contribution in [0.3, 0.4) is 0 Å². The van der Waals surface area contributed by atoms with Crippen LogP contribution < -0.4 is 10.4 Å². The van der Waals surface area contributed by atoms with Gasteiger partial charge in [-0.1, -0.05) is 6.92 Å². The largest absolute Gasteiger partial charge is 0.369 e. The number of aromatic nitrogens is 4. The summed E-state index contributed by atoms with van der Waals surface area (Å²) >= 11 is 0. The number of hydrogen-bond donors (Lipinski definition) is 0. The van der Waals surface area contributed by atoms with Crippen molar-refractivity contribution in [1.82, 2.24) is 24.1 Å². The summed E-state index contributed by atoms with van der Waals surface area (Å²) in [5.41, 5.74) is 5.93. The number of aldehydes is 1. The predicted molar refractivity (Wildman–Crippen MR) is 126 cm³/mol. The van der Waals surface area contributed by atoms with E-state index in [0.717, 1.165) is 54.6 Å². The van der Waals surface area contributed by atoms with E-state index in [1.165, 1.54) is 11.8 Å². The number of carbonyl (C=O) groups is 1. The number of likely N-dealkylation sites (N-methyl/N-ethyl adjacent to an activating group) is 1. The van der Waals surface area contributed by atoms with Gasteiger partial charge in [0, 0.05) is 38.5 Å². The number of nitrogens with zero attached hydrogens (tertiary/aromatic N) is 7. The van der Waals surface area contributed by atoms with Crippen LogP contribution >= 0.6 is 0 Å². The van der Waals surface area contributed by atoms with Gasteiger partial charge in [0.1, 0.15) is 17.5 Å². The quantitative estimate of drug-likeness (QED) is 0.440. The first-order chi connectivity index (χ1) is 15.4. The average molecular weight is 434 g/mol. The zero-order chi connectivity index (χ0) is 22.8. The first-order valence-electron chi connectivity index (χ1n) is 11.0. The Morgan fingerprint density at radius 1 is 1.31 bits per heavy atom. The average Bonchev–Trinajstić information content (AvgIpc) is 3.41. The minimum Gasteiger partial charge on any atom is -0.369 e. The third kappa shape index (κ3) is 4.36. The first kappa shape index (κ1) is 22.0. The van der Waals surface area contributed by atoms with Gasteiger partial charge >= 0.3 is 0 Å². The summed E-state index contributed by atoms with van der Waals surface area (Å²) in [4.78, 5) is 25.4. The molecule has 3 aromatic rings. The van der Waals surface area contributed by atoms with E-state index < -0.39 is 0 Å². The highest BCUT2D eigenvalue weighted by Gasteiger charge is 2.24. The highest BCUT2D eigenvalue weighted by atomic mass is 16.1. The van der Waals surface area contributed by atoms with E-state index in [1.807, 2.05) is 41.4 Å². The van der Waals surface area contributed by atoms with Crippen molar-refractivity contribution in [2.75, 3.05) is 32.1 Å². The molecule has 0 amide bonds. The Labute approximate surface area is 188 Å². The molecule has 0 bridgehead atoms. The summed E-state index contributed by atoms with van der Waals surface area (Å²) < 4.78 is 3.82. The molecule has 1 aliphatic heterocycles. The van der Waals surface area contributed by atoms with Crippen molar-refractivity contribution in [2.45, 2.75) is 32.7 Å². The van der Waals surface area contributed by atoms with Gasteiger partial charge in [-0.05, 0) is 52.1 Å². The molecule has 0 spiro atoms. The van der Waals surface area contributed by atoms with Gasteiger partial charge < -0.3 is 14.4 Å². The van der Waals surface area contributed by atoms with Crippen molar-refractivity contribution < 1.29 is 4.79 Å². The van der Waals surface area contributed by atoms with Crippen LogP contribution in [-0.4, -0.2) is 63.6 Å². The van der Waals surface area contributed by atoms with Crippen LogP contribution in [0.25, 0.3) is 11.2 Å². The van der Waals surface area contributed by atoms with Crippen LogP contribution in [0.4, 0.5) is 5.69 Å². The van der Waals surface area contributed by atoms with Crippen molar-refractivity contribution in [2.24, 2.45) is 12.0 Å². The second-order valence-electron chi connectivity index (χ2n) is 8.55. The Balaban J connectivity index is 1.69. The molecule has 1 fully saturated rings. The first-order valence-corrected chi connectivity index (χ1v) is 11.0. The molecule has 0 radical (unpaired) electrons. The lowest BCUT2D eigenvalue weighted by atomic mass is 10.2. The SMILES string of the molecule is CCc1nc(C)cn2nc(/C(=C/C=O)N=c3ccc(N4CCC(N(C)C)C4)cn3C)cc12. The zero-order valence-electron chi connectivity index (χ0n) is 19.5. The number of pyridine rings is 1. The van der Waals surface area contributed by atoms with Crippen molar-refractivity contribution in [3.05, 3.63) is 59.2 Å². The van der Waals surface area contributed by atoms with E-state index in [1.54, 1.807) is 0 Å². The molecule has 0 saturated carbocycles. The summed E-state index contributed by atoms with van der Waals surface area (Å²) in [5.74, 6) is 0. The summed E-state index contributed by atoms with van der Waals surface area (Å²) in [6.07, 6.45) is 8.18. The number of fused-ring (bicyclic) bond motifs is 1. The molecule has 1 aliphatic rings. The molecule has 32 heavy (non-hydrogen) atoms. The summed E-state index contributed by atoms with van der Waals surface area (Å²) in [6, 6.07) is 6.62. The molecule has 0 N–H and O–H groups in total. The lowest BCUT2D eigenvalue weighted by molar-refractivity contribution is -0.104. The van der Waals surface area contributed by atoms with E-state index in [4.69, 9.17) is 4.99 Å². The van der Waals surface area contributed by atoms with E-state index >= 15 is 0 Å². The summed E-state index contributed by atoms with van der Waals surface area (Å²) in [7, 11) is 6.25. The maximum absolute atomic E-state index is 11.4. The molecule has 3 aromatic heterocycles. The topological polar surface area (TPSA) is 71.0 Å². The molecular formula is C24H31N7O. The predicted octanol–water partition coefficient (Wildman–Crippen LogP) is 2.22. The minimum atomic E-state index is 0.528. The molecule has 4 heterocycles. The standard InChI is InChI=1S/C24H31N7O/c1-6-20-23-13-22(27-31(23)14-17(2)25-20)21(10-12-32)26-24-8-7-19(15-29(24)5)30-11-9-18(16-30)28(3)4/h7-8,10,12-15,18H,6,9,11,16H2,1-5H3/b21-10-,26-24?. The molecular weight excluding hydrogens is 402 g/mol. The molecule has 168 valence electrons. The van der Waals surface area contributed by atoms with Gasteiger partial charge in [0.25, 0.3) is 0 Å². The Morgan fingerprint density at radius 3 is 2.78 bits per heavy atom. The molecule has 8 nitrogen and oxygen atoms in total. The van der Waals surface area contributed by atoms with E-state index in [2.05, 4.69) is 53.2 Å². The van der Waals surface area contributed by atoms with Crippen molar-refractivity contribution in [3.8, 4) is 0 Å². The molecule has 0 aliphatic carbocycles. The van der Waals surface area contributed by atoms with Crippen LogP contribution in [0.15, 0.2) is 41.7 Å². The monoisotopic (exact) mass is 433 g/mol. The fourth-order valence-corrected chi connectivity index (χ4v) is 4.22. The minimum absolute atomic E-state index is 0.528. The third-order valence-electron chi connectivity index (χ3n) is 6.06. The van der Waals surface area contributed by atoms with E-state index in [9.17, 15) is 4.79 Å². The molecule has 4 rings (SSSR count). The Kier molecular flexibility index (Phi) is 6.23. The van der Waals surface area contributed by atoms with Crippen molar-refractivity contribution in [1.29, 1.82) is 0 Å². The van der Waals surface area contributed by atoms with Gasteiger partial charge in [0.2, 0.25) is 0 Å². The Bertz CT molecular complexity index is 1230. The van der Waals surface area contributed by atoms with Gasteiger partial charge in [-0.15, -0.1) is 0 Å². The lowest BCUT2D eigenvalue weighted by Gasteiger charge is -2.22. The molecule has 0 aromatic carbocycles. The van der Waals surface area contributed by atoms with Gasteiger partial charge in [0.15, 0.2) is 0 Å². The number of hydrogen-bond acceptors (Lipinski definition) is 6. The van der Waals surface area contributed by atoms with Crippen LogP contribution in [-0.2, 0) is 18.3 Å². The van der Waals surface area contributed by atoms with Crippen molar-refractivity contribution >= 4 is 23.2 Å². The Hall–Kier alpha value is -3.26. The molecule has 1 unspecified atom stereocenters. The third-order valence-corrected chi connectivity index (χ3v) is 6.06. The fourth-order valence-electron chi connectivity index (χ4n) is 4.22. The van der Waals surface area contributed by atoms with Gasteiger partial charge in [0.05, 0.1) is 34.5 Å². The number of allylic oxidation sites excluding steroid dienone is 1. The molecule has 1 saturated heterocycles. The zero-order valence-corrected chi connectivity index (χ0v) is 19.5. The summed E-state index contributed by atoms with van der Waals surface area (Å²) in [6.45, 7) is 6.09. The van der Waals surface area contributed by atoms with Crippen LogP contribution in [0, 0.1) is 6.92 Å². The molecule has 8 heteroatoms. The second-order valence-corrected chi connectivity index (χ2v) is 8.55.